The zero-order valence-corrected chi connectivity index (χ0v) is 8.23. The minimum atomic E-state index is -0.616. The number of epoxide rings is 1. The molecule has 3 heterocycles. The van der Waals surface area contributed by atoms with Crippen LogP contribution >= 0.6 is 0 Å². The molecule has 0 amide bonds. The van der Waals surface area contributed by atoms with Crippen LogP contribution in [0.1, 0.15) is 13.8 Å². The molecule has 4 atom stereocenters. The summed E-state index contributed by atoms with van der Waals surface area (Å²) in [6.45, 7) is 4.22. The lowest BCUT2D eigenvalue weighted by molar-refractivity contribution is -0.214. The van der Waals surface area contributed by atoms with E-state index in [0.717, 1.165) is 0 Å². The molecule has 0 aromatic rings. The van der Waals surface area contributed by atoms with Crippen LogP contribution in [0, 0.1) is 0 Å². The molecule has 5 heteroatoms. The molecule has 1 N–H and O–H groups in total. The normalized spacial score (nSPS) is 53.8. The Bertz CT molecular complexity index is 260. The van der Waals surface area contributed by atoms with Crippen molar-refractivity contribution in [2.75, 3.05) is 13.2 Å². The first kappa shape index (κ1) is 9.06. The third kappa shape index (κ3) is 1.02. The number of fused-ring (bicyclic) bond motifs is 2. The summed E-state index contributed by atoms with van der Waals surface area (Å²) < 4.78 is 22.1. The molecule has 0 aromatic carbocycles. The Kier molecular flexibility index (Phi) is 1.61. The molecule has 80 valence electrons. The van der Waals surface area contributed by atoms with Gasteiger partial charge in [-0.2, -0.15) is 0 Å². The standard InChI is InChI=1S/C9H14O5/c1-8(2)13-6-7(14-8)12-5(3-10)9(6)4-11-9/h5-7,10H,3-4H2,1-2H3/t5-,6?,7-,9+/m1/s1. The molecule has 0 bridgehead atoms. The summed E-state index contributed by atoms with van der Waals surface area (Å²) in [5, 5.41) is 9.11. The van der Waals surface area contributed by atoms with Gasteiger partial charge in [0.25, 0.3) is 0 Å². The molecular weight excluding hydrogens is 188 g/mol. The van der Waals surface area contributed by atoms with E-state index in [1.807, 2.05) is 13.8 Å². The largest absolute Gasteiger partial charge is 0.394 e. The Hall–Kier alpha value is -0.200. The van der Waals surface area contributed by atoms with Gasteiger partial charge < -0.3 is 24.1 Å². The summed E-state index contributed by atoms with van der Waals surface area (Å²) >= 11 is 0. The van der Waals surface area contributed by atoms with Crippen molar-refractivity contribution >= 4 is 0 Å². The highest BCUT2D eigenvalue weighted by Gasteiger charge is 2.71. The molecule has 0 aromatic heterocycles. The van der Waals surface area contributed by atoms with Crippen LogP contribution in [0.15, 0.2) is 0 Å². The second kappa shape index (κ2) is 2.48. The monoisotopic (exact) mass is 202 g/mol. The molecule has 14 heavy (non-hydrogen) atoms. The van der Waals surface area contributed by atoms with E-state index in [1.54, 1.807) is 0 Å². The number of rotatable bonds is 1. The van der Waals surface area contributed by atoms with Crippen LogP contribution in [0.4, 0.5) is 0 Å². The minimum absolute atomic E-state index is 0.0554. The Labute approximate surface area is 81.9 Å². The van der Waals surface area contributed by atoms with E-state index in [0.29, 0.717) is 6.61 Å². The number of hydrogen-bond donors (Lipinski definition) is 1. The summed E-state index contributed by atoms with van der Waals surface area (Å²) in [6.07, 6.45) is -0.909. The quantitative estimate of drug-likeness (QED) is 0.587. The van der Waals surface area contributed by atoms with Crippen molar-refractivity contribution in [3.8, 4) is 0 Å². The summed E-state index contributed by atoms with van der Waals surface area (Å²) in [5.74, 6) is -0.616. The van der Waals surface area contributed by atoms with Crippen LogP contribution in [0.5, 0.6) is 0 Å². The number of aliphatic hydroxyl groups is 1. The Morgan fingerprint density at radius 1 is 1.36 bits per heavy atom. The molecule has 3 aliphatic heterocycles. The fraction of sp³-hybridized carbons (Fsp3) is 1.00. The van der Waals surface area contributed by atoms with Crippen molar-refractivity contribution in [1.82, 2.24) is 0 Å². The third-order valence-electron chi connectivity index (χ3n) is 3.03. The maximum absolute atomic E-state index is 9.11. The lowest BCUT2D eigenvalue weighted by atomic mass is 10.0. The molecule has 1 spiro atoms. The Morgan fingerprint density at radius 3 is 2.64 bits per heavy atom. The lowest BCUT2D eigenvalue weighted by Gasteiger charge is -2.22. The van der Waals surface area contributed by atoms with Crippen LogP contribution in [-0.4, -0.2) is 48.2 Å². The zero-order chi connectivity index (χ0) is 9.97. The first-order valence-electron chi connectivity index (χ1n) is 4.83. The first-order valence-corrected chi connectivity index (χ1v) is 4.83. The van der Waals surface area contributed by atoms with E-state index in [2.05, 4.69) is 0 Å². The van der Waals surface area contributed by atoms with Gasteiger partial charge in [-0.25, -0.2) is 0 Å². The molecular formula is C9H14O5. The SMILES string of the molecule is CC1(C)OC2[C@H](O[C@H](CO)[C@@]23CO3)O1. The summed E-state index contributed by atoms with van der Waals surface area (Å²) in [7, 11) is 0. The maximum atomic E-state index is 9.11. The Morgan fingerprint density at radius 2 is 2.07 bits per heavy atom. The highest BCUT2D eigenvalue weighted by Crippen LogP contribution is 2.51. The molecule has 3 saturated heterocycles. The number of aliphatic hydroxyl groups excluding tert-OH is 1. The van der Waals surface area contributed by atoms with Crippen molar-refractivity contribution in [2.45, 2.75) is 43.7 Å². The van der Waals surface area contributed by atoms with Gasteiger partial charge in [0.1, 0.15) is 12.2 Å². The van der Waals surface area contributed by atoms with Crippen LogP contribution in [0.25, 0.3) is 0 Å². The van der Waals surface area contributed by atoms with E-state index in [-0.39, 0.29) is 18.8 Å². The van der Waals surface area contributed by atoms with Gasteiger partial charge in [0.05, 0.1) is 13.2 Å². The predicted molar refractivity (Wildman–Crippen MR) is 44.5 cm³/mol. The van der Waals surface area contributed by atoms with E-state index in [9.17, 15) is 0 Å². The summed E-state index contributed by atoms with van der Waals surface area (Å²) in [4.78, 5) is 0. The van der Waals surface area contributed by atoms with Gasteiger partial charge >= 0.3 is 0 Å². The molecule has 3 aliphatic rings. The molecule has 0 aliphatic carbocycles. The predicted octanol–water partition coefficient (Wildman–Crippen LogP) is -0.376. The van der Waals surface area contributed by atoms with Crippen molar-refractivity contribution in [1.29, 1.82) is 0 Å². The van der Waals surface area contributed by atoms with Crippen LogP contribution in [-0.2, 0) is 18.9 Å². The van der Waals surface area contributed by atoms with Crippen LogP contribution in [0.3, 0.4) is 0 Å². The van der Waals surface area contributed by atoms with Crippen molar-refractivity contribution < 1.29 is 24.1 Å². The van der Waals surface area contributed by atoms with Crippen molar-refractivity contribution in [3.05, 3.63) is 0 Å². The Balaban J connectivity index is 1.85. The third-order valence-corrected chi connectivity index (χ3v) is 3.03. The van der Waals surface area contributed by atoms with Gasteiger partial charge in [-0.15, -0.1) is 0 Å². The van der Waals surface area contributed by atoms with E-state index >= 15 is 0 Å². The molecule has 0 saturated carbocycles. The summed E-state index contributed by atoms with van der Waals surface area (Å²) in [5.41, 5.74) is -0.451. The first-order chi connectivity index (χ1) is 6.57. The van der Waals surface area contributed by atoms with Crippen molar-refractivity contribution in [2.24, 2.45) is 0 Å². The van der Waals surface area contributed by atoms with Gasteiger partial charge in [-0.1, -0.05) is 0 Å². The average Bonchev–Trinajstić information content (AvgIpc) is 2.77. The highest BCUT2D eigenvalue weighted by molar-refractivity contribution is 5.13. The van der Waals surface area contributed by atoms with Gasteiger partial charge in [0.15, 0.2) is 17.7 Å². The molecule has 5 nitrogen and oxygen atoms in total. The smallest absolute Gasteiger partial charge is 0.190 e. The van der Waals surface area contributed by atoms with Gasteiger partial charge in [0, 0.05) is 0 Å². The minimum Gasteiger partial charge on any atom is -0.394 e. The fourth-order valence-corrected chi connectivity index (χ4v) is 2.25. The van der Waals surface area contributed by atoms with Gasteiger partial charge in [0.2, 0.25) is 0 Å². The second-order valence-corrected chi connectivity index (χ2v) is 4.48. The van der Waals surface area contributed by atoms with Crippen molar-refractivity contribution in [3.63, 3.8) is 0 Å². The fourth-order valence-electron chi connectivity index (χ4n) is 2.25. The van der Waals surface area contributed by atoms with E-state index in [4.69, 9.17) is 24.1 Å². The van der Waals surface area contributed by atoms with Gasteiger partial charge in [-0.05, 0) is 13.8 Å². The average molecular weight is 202 g/mol. The molecule has 1 unspecified atom stereocenters. The second-order valence-electron chi connectivity index (χ2n) is 4.48. The van der Waals surface area contributed by atoms with Crippen LogP contribution in [0.2, 0.25) is 0 Å². The highest BCUT2D eigenvalue weighted by atomic mass is 16.9. The lowest BCUT2D eigenvalue weighted by Crippen LogP contribution is -2.39. The van der Waals surface area contributed by atoms with E-state index in [1.165, 1.54) is 0 Å². The van der Waals surface area contributed by atoms with E-state index < -0.39 is 17.7 Å². The molecule has 3 fully saturated rings. The number of hydrogen-bond acceptors (Lipinski definition) is 5. The molecule has 3 rings (SSSR count). The molecule has 0 radical (unpaired) electrons. The van der Waals surface area contributed by atoms with Gasteiger partial charge in [-0.3, -0.25) is 0 Å². The zero-order valence-electron chi connectivity index (χ0n) is 8.23. The topological polar surface area (TPSA) is 60.5 Å². The maximum Gasteiger partial charge on any atom is 0.190 e. The van der Waals surface area contributed by atoms with Crippen LogP contribution < -0.4 is 0 Å². The summed E-state index contributed by atoms with van der Waals surface area (Å²) in [6, 6.07) is 0. The number of ether oxygens (including phenoxy) is 4.